The van der Waals surface area contributed by atoms with E-state index in [4.69, 9.17) is 0 Å². The zero-order valence-corrected chi connectivity index (χ0v) is 18.2. The van der Waals surface area contributed by atoms with Gasteiger partial charge in [0.15, 0.2) is 0 Å². The molecule has 1 fully saturated rings. The largest absolute Gasteiger partial charge is 0.348 e. The second-order valence-electron chi connectivity index (χ2n) is 9.31. The fourth-order valence-electron chi connectivity index (χ4n) is 4.11. The van der Waals surface area contributed by atoms with Crippen molar-refractivity contribution in [2.24, 2.45) is 5.92 Å². The van der Waals surface area contributed by atoms with Crippen LogP contribution in [0.1, 0.15) is 49.5 Å². The third kappa shape index (κ3) is 5.69. The van der Waals surface area contributed by atoms with Gasteiger partial charge >= 0.3 is 0 Å². The summed E-state index contributed by atoms with van der Waals surface area (Å²) in [7, 11) is 1.90. The second-order valence-corrected chi connectivity index (χ2v) is 9.31. The van der Waals surface area contributed by atoms with Crippen LogP contribution in [0, 0.1) is 11.7 Å². The molecule has 1 aliphatic rings. The van der Waals surface area contributed by atoms with Gasteiger partial charge in [0.1, 0.15) is 5.82 Å². The molecule has 3 rings (SSSR count). The summed E-state index contributed by atoms with van der Waals surface area (Å²) >= 11 is 0. The minimum atomic E-state index is -0.117. The van der Waals surface area contributed by atoms with Crippen molar-refractivity contribution < 1.29 is 9.18 Å². The molecular weight excluding hydrogens is 365 g/mol. The van der Waals surface area contributed by atoms with E-state index in [9.17, 15) is 9.18 Å². The maximum atomic E-state index is 13.9. The predicted octanol–water partition coefficient (Wildman–Crippen LogP) is 4.41. The third-order valence-electron chi connectivity index (χ3n) is 5.85. The van der Waals surface area contributed by atoms with Crippen LogP contribution in [0.15, 0.2) is 42.7 Å². The number of amides is 1. The quantitative estimate of drug-likeness (QED) is 0.720. The van der Waals surface area contributed by atoms with Crippen LogP contribution in [0.5, 0.6) is 0 Å². The molecule has 2 heterocycles. The van der Waals surface area contributed by atoms with Crippen LogP contribution in [-0.2, 0) is 12.0 Å². The standard InChI is InChI=1S/C24H34FN3O/c1-24(2,3)28-15-12-21(18-28)23(29)26(4)16-19-8-7-13-27(17-19)14-11-20-9-5-6-10-22(20)25/h5-6,9-10,12,15,18-19H,7-8,11,13-14,16-17H2,1-4H3/t19-/m1/s1. The Balaban J connectivity index is 1.52. The number of hydrogen-bond acceptors (Lipinski definition) is 2. The Bertz CT molecular complexity index is 824. The van der Waals surface area contributed by atoms with Crippen LogP contribution < -0.4 is 0 Å². The van der Waals surface area contributed by atoms with E-state index in [-0.39, 0.29) is 17.3 Å². The number of benzene rings is 1. The zero-order valence-electron chi connectivity index (χ0n) is 18.2. The van der Waals surface area contributed by atoms with Crippen LogP contribution in [0.4, 0.5) is 4.39 Å². The molecule has 0 saturated carbocycles. The molecule has 5 heteroatoms. The number of carbonyl (C=O) groups is 1. The van der Waals surface area contributed by atoms with Gasteiger partial charge in [-0.3, -0.25) is 4.79 Å². The third-order valence-corrected chi connectivity index (χ3v) is 5.85. The zero-order chi connectivity index (χ0) is 21.0. The molecule has 158 valence electrons. The van der Waals surface area contributed by atoms with E-state index < -0.39 is 0 Å². The lowest BCUT2D eigenvalue weighted by Gasteiger charge is -2.34. The molecule has 0 unspecified atom stereocenters. The summed E-state index contributed by atoms with van der Waals surface area (Å²) in [5.74, 6) is 0.424. The molecule has 1 amide bonds. The first-order valence-corrected chi connectivity index (χ1v) is 10.6. The van der Waals surface area contributed by atoms with Crippen molar-refractivity contribution in [3.63, 3.8) is 0 Å². The van der Waals surface area contributed by atoms with Crippen LogP contribution in [0.2, 0.25) is 0 Å². The molecule has 0 spiro atoms. The molecule has 0 radical (unpaired) electrons. The topological polar surface area (TPSA) is 28.5 Å². The van der Waals surface area contributed by atoms with Crippen LogP contribution in [-0.4, -0.2) is 53.5 Å². The monoisotopic (exact) mass is 399 g/mol. The van der Waals surface area contributed by atoms with E-state index in [0.717, 1.165) is 56.6 Å². The fourth-order valence-corrected chi connectivity index (χ4v) is 4.11. The summed E-state index contributed by atoms with van der Waals surface area (Å²) in [6, 6.07) is 8.93. The number of hydrogen-bond donors (Lipinski definition) is 0. The van der Waals surface area contributed by atoms with Gasteiger partial charge in [-0.25, -0.2) is 4.39 Å². The normalized spacial score (nSPS) is 18.0. The minimum Gasteiger partial charge on any atom is -0.348 e. The van der Waals surface area contributed by atoms with Gasteiger partial charge < -0.3 is 14.4 Å². The molecular formula is C24H34FN3O. The molecule has 1 aliphatic heterocycles. The maximum absolute atomic E-state index is 13.9. The first-order chi connectivity index (χ1) is 13.7. The number of likely N-dealkylation sites (tertiary alicyclic amines) is 1. The number of aromatic nitrogens is 1. The number of carbonyl (C=O) groups excluding carboxylic acids is 1. The summed E-state index contributed by atoms with van der Waals surface area (Å²) in [6.45, 7) is 10.0. The number of rotatable bonds is 6. The molecule has 0 bridgehead atoms. The second kappa shape index (κ2) is 9.12. The number of nitrogens with zero attached hydrogens (tertiary/aromatic N) is 3. The highest BCUT2D eigenvalue weighted by molar-refractivity contribution is 5.93. The van der Waals surface area contributed by atoms with Crippen molar-refractivity contribution in [1.29, 1.82) is 0 Å². The highest BCUT2D eigenvalue weighted by Gasteiger charge is 2.24. The summed E-state index contributed by atoms with van der Waals surface area (Å²) < 4.78 is 15.9. The van der Waals surface area contributed by atoms with Gasteiger partial charge in [-0.2, -0.15) is 0 Å². The lowest BCUT2D eigenvalue weighted by molar-refractivity contribution is 0.0730. The van der Waals surface area contributed by atoms with E-state index in [2.05, 4.69) is 30.2 Å². The van der Waals surface area contributed by atoms with Gasteiger partial charge in [0.2, 0.25) is 0 Å². The average Bonchev–Trinajstić information content (AvgIpc) is 3.18. The molecule has 2 aromatic rings. The van der Waals surface area contributed by atoms with E-state index in [1.165, 1.54) is 6.07 Å². The van der Waals surface area contributed by atoms with Gasteiger partial charge in [0.25, 0.3) is 5.91 Å². The molecule has 0 N–H and O–H groups in total. The minimum absolute atomic E-state index is 0.0286. The Morgan fingerprint density at radius 2 is 2.00 bits per heavy atom. The summed E-state index contributed by atoms with van der Waals surface area (Å²) in [5.41, 5.74) is 1.50. The highest BCUT2D eigenvalue weighted by Crippen LogP contribution is 2.20. The van der Waals surface area contributed by atoms with E-state index in [0.29, 0.717) is 5.92 Å². The van der Waals surface area contributed by atoms with Gasteiger partial charge in [-0.05, 0) is 70.2 Å². The summed E-state index contributed by atoms with van der Waals surface area (Å²) in [6.07, 6.45) is 6.92. The van der Waals surface area contributed by atoms with Gasteiger partial charge in [-0.1, -0.05) is 18.2 Å². The van der Waals surface area contributed by atoms with Crippen molar-refractivity contribution >= 4 is 5.91 Å². The Morgan fingerprint density at radius 3 is 2.69 bits per heavy atom. The summed E-state index contributed by atoms with van der Waals surface area (Å²) in [5, 5.41) is 0. The van der Waals surface area contributed by atoms with Gasteiger partial charge in [0, 0.05) is 44.6 Å². The Labute approximate surface area is 174 Å². The Morgan fingerprint density at radius 1 is 1.24 bits per heavy atom. The van der Waals surface area contributed by atoms with Crippen molar-refractivity contribution in [3.8, 4) is 0 Å². The first-order valence-electron chi connectivity index (χ1n) is 10.6. The number of piperidine rings is 1. The van der Waals surface area contributed by atoms with E-state index >= 15 is 0 Å². The van der Waals surface area contributed by atoms with Crippen molar-refractivity contribution in [2.45, 2.75) is 45.6 Å². The predicted molar refractivity (Wildman–Crippen MR) is 116 cm³/mol. The lowest BCUT2D eigenvalue weighted by atomic mass is 9.97. The van der Waals surface area contributed by atoms with Crippen LogP contribution in [0.3, 0.4) is 0 Å². The summed E-state index contributed by atoms with van der Waals surface area (Å²) in [4.78, 5) is 17.1. The Kier molecular flexibility index (Phi) is 6.78. The first kappa shape index (κ1) is 21.6. The van der Waals surface area contributed by atoms with Crippen molar-refractivity contribution in [1.82, 2.24) is 14.4 Å². The molecule has 1 aromatic heterocycles. The molecule has 1 saturated heterocycles. The SMILES string of the molecule is CN(C[C@H]1CCCN(CCc2ccccc2F)C1)C(=O)c1ccn(C(C)(C)C)c1. The maximum Gasteiger partial charge on any atom is 0.255 e. The Hall–Kier alpha value is -2.14. The molecule has 29 heavy (non-hydrogen) atoms. The molecule has 0 aliphatic carbocycles. The van der Waals surface area contributed by atoms with Crippen LogP contribution >= 0.6 is 0 Å². The van der Waals surface area contributed by atoms with Crippen LogP contribution in [0.25, 0.3) is 0 Å². The highest BCUT2D eigenvalue weighted by atomic mass is 19.1. The smallest absolute Gasteiger partial charge is 0.255 e. The molecule has 1 aromatic carbocycles. The van der Waals surface area contributed by atoms with Crippen molar-refractivity contribution in [2.75, 3.05) is 33.2 Å². The van der Waals surface area contributed by atoms with Gasteiger partial charge in [0.05, 0.1) is 5.56 Å². The van der Waals surface area contributed by atoms with Crippen molar-refractivity contribution in [3.05, 3.63) is 59.7 Å². The van der Waals surface area contributed by atoms with Gasteiger partial charge in [-0.15, -0.1) is 0 Å². The van der Waals surface area contributed by atoms with E-state index in [1.807, 2.05) is 42.5 Å². The van der Waals surface area contributed by atoms with E-state index in [1.54, 1.807) is 6.07 Å². The average molecular weight is 400 g/mol. The lowest BCUT2D eigenvalue weighted by Crippen LogP contribution is -2.42. The fraction of sp³-hybridized carbons (Fsp3) is 0.542. The number of halogens is 1. The molecule has 4 nitrogen and oxygen atoms in total. The molecule has 1 atom stereocenters.